The van der Waals surface area contributed by atoms with Gasteiger partial charge in [0.05, 0.1) is 5.56 Å². The zero-order valence-corrected chi connectivity index (χ0v) is 10.2. The minimum absolute atomic E-state index is 0.0416. The van der Waals surface area contributed by atoms with Crippen molar-refractivity contribution in [1.29, 1.82) is 0 Å². The van der Waals surface area contributed by atoms with Crippen LogP contribution in [0, 0.1) is 13.8 Å². The molecule has 5 nitrogen and oxygen atoms in total. The summed E-state index contributed by atoms with van der Waals surface area (Å²) in [5.74, 6) is -0.200. The summed E-state index contributed by atoms with van der Waals surface area (Å²) < 4.78 is 0. The van der Waals surface area contributed by atoms with Crippen molar-refractivity contribution in [3.63, 3.8) is 0 Å². The van der Waals surface area contributed by atoms with Gasteiger partial charge in [-0.3, -0.25) is 9.78 Å². The molecular formula is C13H13N3O2. The summed E-state index contributed by atoms with van der Waals surface area (Å²) in [5.41, 5.74) is 7.77. The first-order valence-corrected chi connectivity index (χ1v) is 5.46. The first kappa shape index (κ1) is 12.0. The number of ketones is 1. The molecule has 0 fully saturated rings. The van der Waals surface area contributed by atoms with Crippen molar-refractivity contribution >= 4 is 11.6 Å². The largest absolute Gasteiger partial charge is 0.384 e. The first-order valence-electron chi connectivity index (χ1n) is 5.46. The molecule has 0 unspecified atom stereocenters. The standard InChI is InChI=1S/C13H13N3O2/c1-7-3-4-9(8(2)5-7)11(17)10-6-15-13(18)16-12(10)14/h3-6H,1-2H3,(H3,14,15,16,18). The summed E-state index contributed by atoms with van der Waals surface area (Å²) in [7, 11) is 0. The van der Waals surface area contributed by atoms with Crippen LogP contribution >= 0.6 is 0 Å². The maximum Gasteiger partial charge on any atom is 0.346 e. The molecule has 18 heavy (non-hydrogen) atoms. The minimum atomic E-state index is -0.565. The molecule has 0 radical (unpaired) electrons. The molecule has 0 saturated carbocycles. The number of aryl methyl sites for hydroxylation is 2. The summed E-state index contributed by atoms with van der Waals surface area (Å²) >= 11 is 0. The normalized spacial score (nSPS) is 10.3. The second-order valence-electron chi connectivity index (χ2n) is 4.16. The summed E-state index contributed by atoms with van der Waals surface area (Å²) in [6.45, 7) is 3.81. The van der Waals surface area contributed by atoms with Gasteiger partial charge in [-0.15, -0.1) is 0 Å². The molecule has 2 rings (SSSR count). The van der Waals surface area contributed by atoms with Crippen LogP contribution in [0.15, 0.2) is 29.2 Å². The Morgan fingerprint density at radius 3 is 2.61 bits per heavy atom. The number of hydrogen-bond donors (Lipinski definition) is 2. The number of nitrogens with two attached hydrogens (primary N) is 1. The third kappa shape index (κ3) is 2.15. The van der Waals surface area contributed by atoms with Crippen molar-refractivity contribution < 1.29 is 4.79 Å². The van der Waals surface area contributed by atoms with E-state index in [-0.39, 0.29) is 17.2 Å². The number of H-pyrrole nitrogens is 1. The number of nitrogens with one attached hydrogen (secondary N) is 1. The average molecular weight is 243 g/mol. The molecule has 92 valence electrons. The van der Waals surface area contributed by atoms with Crippen molar-refractivity contribution in [2.24, 2.45) is 0 Å². The molecule has 2 aromatic rings. The molecule has 0 aliphatic heterocycles. The summed E-state index contributed by atoms with van der Waals surface area (Å²) in [5, 5.41) is 0. The van der Waals surface area contributed by atoms with Crippen LogP contribution in [-0.2, 0) is 0 Å². The van der Waals surface area contributed by atoms with Crippen LogP contribution < -0.4 is 11.4 Å². The lowest BCUT2D eigenvalue weighted by atomic mass is 9.99. The predicted molar refractivity (Wildman–Crippen MR) is 68.6 cm³/mol. The molecule has 1 aromatic heterocycles. The highest BCUT2D eigenvalue weighted by Crippen LogP contribution is 2.17. The monoisotopic (exact) mass is 243 g/mol. The molecule has 0 aliphatic carbocycles. The Morgan fingerprint density at radius 2 is 2.00 bits per heavy atom. The van der Waals surface area contributed by atoms with E-state index in [9.17, 15) is 9.59 Å². The fraction of sp³-hybridized carbons (Fsp3) is 0.154. The topological polar surface area (TPSA) is 88.8 Å². The van der Waals surface area contributed by atoms with E-state index < -0.39 is 5.69 Å². The molecule has 0 atom stereocenters. The van der Waals surface area contributed by atoms with E-state index in [1.807, 2.05) is 26.0 Å². The summed E-state index contributed by atoms with van der Waals surface area (Å²) in [4.78, 5) is 29.1. The highest BCUT2D eigenvalue weighted by atomic mass is 16.1. The van der Waals surface area contributed by atoms with Crippen molar-refractivity contribution in [3.8, 4) is 0 Å². The van der Waals surface area contributed by atoms with Crippen LogP contribution in [0.25, 0.3) is 0 Å². The number of nitrogens with zero attached hydrogens (tertiary/aromatic N) is 1. The smallest absolute Gasteiger partial charge is 0.346 e. The molecule has 0 amide bonds. The molecule has 3 N–H and O–H groups in total. The number of nitrogen functional groups attached to an aromatic ring is 1. The van der Waals surface area contributed by atoms with Gasteiger partial charge < -0.3 is 5.73 Å². The molecule has 0 aliphatic rings. The van der Waals surface area contributed by atoms with Crippen LogP contribution in [0.5, 0.6) is 0 Å². The quantitative estimate of drug-likeness (QED) is 0.775. The summed E-state index contributed by atoms with van der Waals surface area (Å²) in [6.07, 6.45) is 1.20. The maximum atomic E-state index is 12.3. The van der Waals surface area contributed by atoms with Crippen molar-refractivity contribution in [3.05, 3.63) is 57.1 Å². The van der Waals surface area contributed by atoms with Crippen LogP contribution in [0.2, 0.25) is 0 Å². The number of rotatable bonds is 2. The van der Waals surface area contributed by atoms with Crippen LogP contribution in [0.3, 0.4) is 0 Å². The van der Waals surface area contributed by atoms with E-state index in [2.05, 4.69) is 9.97 Å². The number of aromatic nitrogens is 2. The lowest BCUT2D eigenvalue weighted by Crippen LogP contribution is -2.17. The van der Waals surface area contributed by atoms with Gasteiger partial charge in [0.15, 0.2) is 5.78 Å². The van der Waals surface area contributed by atoms with Gasteiger partial charge in [0.1, 0.15) is 5.82 Å². The van der Waals surface area contributed by atoms with Crippen LogP contribution in [0.1, 0.15) is 27.0 Å². The second kappa shape index (κ2) is 4.44. The number of carbonyl (C=O) groups is 1. The molecule has 1 heterocycles. The van der Waals surface area contributed by atoms with Gasteiger partial charge in [0, 0.05) is 11.8 Å². The van der Waals surface area contributed by atoms with E-state index in [1.165, 1.54) is 6.20 Å². The molecule has 0 spiro atoms. The average Bonchev–Trinajstić information content (AvgIpc) is 2.28. The number of anilines is 1. The van der Waals surface area contributed by atoms with Gasteiger partial charge in [0.2, 0.25) is 0 Å². The van der Waals surface area contributed by atoms with Gasteiger partial charge in [-0.05, 0) is 19.4 Å². The van der Waals surface area contributed by atoms with Gasteiger partial charge in [-0.2, -0.15) is 0 Å². The van der Waals surface area contributed by atoms with E-state index in [0.29, 0.717) is 5.56 Å². The summed E-state index contributed by atoms with van der Waals surface area (Å²) in [6, 6.07) is 5.52. The molecule has 1 aromatic carbocycles. The molecule has 0 bridgehead atoms. The van der Waals surface area contributed by atoms with Crippen LogP contribution in [0.4, 0.5) is 5.82 Å². The van der Waals surface area contributed by atoms with Gasteiger partial charge >= 0.3 is 5.69 Å². The Kier molecular flexibility index (Phi) is 2.97. The Balaban J connectivity index is 2.51. The zero-order valence-electron chi connectivity index (χ0n) is 10.2. The second-order valence-corrected chi connectivity index (χ2v) is 4.16. The van der Waals surface area contributed by atoms with Gasteiger partial charge in [0.25, 0.3) is 0 Å². The van der Waals surface area contributed by atoms with Gasteiger partial charge in [-0.1, -0.05) is 23.8 Å². The maximum absolute atomic E-state index is 12.3. The Bertz CT molecular complexity index is 674. The Hall–Kier alpha value is -2.43. The fourth-order valence-electron chi connectivity index (χ4n) is 1.80. The lowest BCUT2D eigenvalue weighted by molar-refractivity contribution is 0.103. The highest BCUT2D eigenvalue weighted by molar-refractivity contribution is 6.12. The van der Waals surface area contributed by atoms with E-state index >= 15 is 0 Å². The zero-order chi connectivity index (χ0) is 13.3. The van der Waals surface area contributed by atoms with Crippen molar-refractivity contribution in [2.75, 3.05) is 5.73 Å². The number of benzene rings is 1. The SMILES string of the molecule is Cc1ccc(C(=O)c2cnc(=O)[nH]c2N)c(C)c1. The highest BCUT2D eigenvalue weighted by Gasteiger charge is 2.15. The van der Waals surface area contributed by atoms with E-state index in [4.69, 9.17) is 5.73 Å². The fourth-order valence-corrected chi connectivity index (χ4v) is 1.80. The van der Waals surface area contributed by atoms with Gasteiger partial charge in [-0.25, -0.2) is 9.78 Å². The van der Waals surface area contributed by atoms with Crippen LogP contribution in [-0.4, -0.2) is 15.8 Å². The van der Waals surface area contributed by atoms with E-state index in [1.54, 1.807) is 6.07 Å². The lowest BCUT2D eigenvalue weighted by Gasteiger charge is -2.07. The van der Waals surface area contributed by atoms with Crippen molar-refractivity contribution in [1.82, 2.24) is 9.97 Å². The number of carbonyl (C=O) groups excluding carboxylic acids is 1. The number of hydrogen-bond acceptors (Lipinski definition) is 4. The third-order valence-corrected chi connectivity index (χ3v) is 2.71. The Labute approximate surface area is 104 Å². The number of aromatic amines is 1. The predicted octanol–water partition coefficient (Wildman–Crippen LogP) is 1.20. The molecule has 0 saturated heterocycles. The van der Waals surface area contributed by atoms with E-state index in [0.717, 1.165) is 11.1 Å². The molecular weight excluding hydrogens is 230 g/mol. The third-order valence-electron chi connectivity index (χ3n) is 2.71. The first-order chi connectivity index (χ1) is 8.49. The van der Waals surface area contributed by atoms with Crippen molar-refractivity contribution in [2.45, 2.75) is 13.8 Å². The molecule has 5 heteroatoms. The Morgan fingerprint density at radius 1 is 1.28 bits per heavy atom. The minimum Gasteiger partial charge on any atom is -0.384 e.